The van der Waals surface area contributed by atoms with Crippen molar-refractivity contribution in [3.05, 3.63) is 59.9 Å². The van der Waals surface area contributed by atoms with Gasteiger partial charge in [-0.25, -0.2) is 4.79 Å². The van der Waals surface area contributed by atoms with Crippen LogP contribution in [0.1, 0.15) is 30.6 Å². The molecule has 150 valence electrons. The average Bonchev–Trinajstić information content (AvgIpc) is 2.74. The summed E-state index contributed by atoms with van der Waals surface area (Å²) in [4.78, 5) is 30.2. The highest BCUT2D eigenvalue weighted by molar-refractivity contribution is 5.84. The summed E-state index contributed by atoms with van der Waals surface area (Å²) in [5.41, 5.74) is 1.91. The van der Waals surface area contributed by atoms with Crippen molar-refractivity contribution in [3.63, 3.8) is 0 Å². The maximum atomic E-state index is 12.2. The monoisotopic (exact) mass is 384 g/mol. The molecule has 2 aromatic rings. The number of ether oxygens (including phenoxy) is 1. The van der Waals surface area contributed by atoms with Crippen LogP contribution in [0.2, 0.25) is 0 Å². The van der Waals surface area contributed by atoms with Crippen molar-refractivity contribution in [1.82, 2.24) is 20.5 Å². The summed E-state index contributed by atoms with van der Waals surface area (Å²) in [5, 5.41) is 5.54. The van der Waals surface area contributed by atoms with Gasteiger partial charge >= 0.3 is 6.03 Å². The molecule has 0 saturated carbocycles. The number of rotatable bonds is 9. The van der Waals surface area contributed by atoms with Crippen LogP contribution in [-0.4, -0.2) is 49.1 Å². The molecule has 2 N–H and O–H groups in total. The number of likely N-dealkylation sites (N-methyl/N-ethyl adjacent to an activating group) is 1. The molecule has 0 aliphatic carbocycles. The van der Waals surface area contributed by atoms with E-state index in [1.165, 1.54) is 0 Å². The van der Waals surface area contributed by atoms with E-state index in [-0.39, 0.29) is 24.5 Å². The molecule has 1 heterocycles. The molecule has 1 unspecified atom stereocenters. The molecule has 1 aromatic heterocycles. The van der Waals surface area contributed by atoms with Crippen molar-refractivity contribution in [2.45, 2.75) is 25.8 Å². The van der Waals surface area contributed by atoms with E-state index >= 15 is 0 Å². The Morgan fingerprint density at radius 3 is 2.54 bits per heavy atom. The number of amides is 3. The van der Waals surface area contributed by atoms with Crippen molar-refractivity contribution in [2.24, 2.45) is 0 Å². The van der Waals surface area contributed by atoms with Gasteiger partial charge in [0, 0.05) is 31.9 Å². The van der Waals surface area contributed by atoms with Crippen LogP contribution in [0.3, 0.4) is 0 Å². The van der Waals surface area contributed by atoms with Crippen LogP contribution < -0.4 is 15.4 Å². The molecule has 0 bridgehead atoms. The lowest BCUT2D eigenvalue weighted by atomic mass is 10.0. The number of aromatic nitrogens is 1. The molecule has 28 heavy (non-hydrogen) atoms. The third kappa shape index (κ3) is 6.57. The minimum Gasteiger partial charge on any atom is -0.497 e. The zero-order chi connectivity index (χ0) is 20.4. The van der Waals surface area contributed by atoms with E-state index in [0.717, 1.165) is 23.4 Å². The Balaban J connectivity index is 1.77. The van der Waals surface area contributed by atoms with Gasteiger partial charge in [0.2, 0.25) is 5.91 Å². The second-order valence-electron chi connectivity index (χ2n) is 6.45. The van der Waals surface area contributed by atoms with Crippen molar-refractivity contribution in [3.8, 4) is 5.75 Å². The van der Waals surface area contributed by atoms with Crippen LogP contribution in [0.25, 0.3) is 0 Å². The van der Waals surface area contributed by atoms with E-state index in [1.807, 2.05) is 49.4 Å². The average molecular weight is 384 g/mol. The van der Waals surface area contributed by atoms with E-state index in [9.17, 15) is 9.59 Å². The Labute approximate surface area is 166 Å². The van der Waals surface area contributed by atoms with Crippen LogP contribution >= 0.6 is 0 Å². The molecule has 1 atom stereocenters. The Morgan fingerprint density at radius 1 is 1.18 bits per heavy atom. The number of benzene rings is 1. The summed E-state index contributed by atoms with van der Waals surface area (Å²) >= 11 is 0. The normalized spacial score (nSPS) is 11.4. The van der Waals surface area contributed by atoms with Crippen molar-refractivity contribution in [1.29, 1.82) is 0 Å². The van der Waals surface area contributed by atoms with Gasteiger partial charge in [0.05, 0.1) is 19.7 Å². The predicted molar refractivity (Wildman–Crippen MR) is 108 cm³/mol. The van der Waals surface area contributed by atoms with Gasteiger partial charge in [-0.1, -0.05) is 25.1 Å². The Hall–Kier alpha value is -3.09. The lowest BCUT2D eigenvalue weighted by Crippen LogP contribution is -2.44. The van der Waals surface area contributed by atoms with E-state index in [2.05, 4.69) is 15.6 Å². The molecule has 0 radical (unpaired) electrons. The molecule has 7 nitrogen and oxygen atoms in total. The first-order valence-electron chi connectivity index (χ1n) is 9.35. The van der Waals surface area contributed by atoms with Crippen molar-refractivity contribution in [2.75, 3.05) is 27.2 Å². The second kappa shape index (κ2) is 10.9. The molecule has 0 aliphatic rings. The number of carbonyl (C=O) groups excluding carboxylic acids is 2. The van der Waals surface area contributed by atoms with E-state index in [0.29, 0.717) is 13.0 Å². The number of pyridine rings is 1. The van der Waals surface area contributed by atoms with Gasteiger partial charge in [0.1, 0.15) is 5.75 Å². The largest absolute Gasteiger partial charge is 0.497 e. The van der Waals surface area contributed by atoms with Gasteiger partial charge in [0.15, 0.2) is 0 Å². The number of urea groups is 1. The first-order chi connectivity index (χ1) is 13.5. The minimum absolute atomic E-state index is 0.0520. The summed E-state index contributed by atoms with van der Waals surface area (Å²) < 4.78 is 5.15. The van der Waals surface area contributed by atoms with E-state index in [4.69, 9.17) is 4.74 Å². The van der Waals surface area contributed by atoms with Crippen LogP contribution in [0.4, 0.5) is 4.79 Å². The topological polar surface area (TPSA) is 83.6 Å². The quantitative estimate of drug-likeness (QED) is 0.696. The molecule has 0 aliphatic heterocycles. The van der Waals surface area contributed by atoms with Gasteiger partial charge in [0.25, 0.3) is 0 Å². The molecule has 0 spiro atoms. The molecule has 0 fully saturated rings. The molecular weight excluding hydrogens is 356 g/mol. The first-order valence-corrected chi connectivity index (χ1v) is 9.35. The predicted octanol–water partition coefficient (Wildman–Crippen LogP) is 2.54. The minimum atomic E-state index is -0.367. The van der Waals surface area contributed by atoms with Gasteiger partial charge in [-0.2, -0.15) is 0 Å². The number of carbonyl (C=O) groups is 2. The van der Waals surface area contributed by atoms with Gasteiger partial charge in [-0.05, 0) is 36.2 Å². The molecule has 2 rings (SSSR count). The van der Waals surface area contributed by atoms with Crippen LogP contribution in [0.15, 0.2) is 48.7 Å². The summed E-state index contributed by atoms with van der Waals surface area (Å²) in [6.45, 7) is 2.48. The summed E-state index contributed by atoms with van der Waals surface area (Å²) in [6, 6.07) is 12.8. The SMILES string of the molecule is CCC(NC(=O)NCC(=O)N(C)CCc1ccccn1)c1ccc(OC)cc1. The third-order valence-corrected chi connectivity index (χ3v) is 4.49. The lowest BCUT2D eigenvalue weighted by Gasteiger charge is -2.20. The highest BCUT2D eigenvalue weighted by Crippen LogP contribution is 2.19. The number of methoxy groups -OCH3 is 1. The number of hydrogen-bond acceptors (Lipinski definition) is 4. The summed E-state index contributed by atoms with van der Waals surface area (Å²) in [5.74, 6) is 0.617. The van der Waals surface area contributed by atoms with Crippen LogP contribution in [-0.2, 0) is 11.2 Å². The highest BCUT2D eigenvalue weighted by atomic mass is 16.5. The molecule has 1 aromatic carbocycles. The lowest BCUT2D eigenvalue weighted by molar-refractivity contribution is -0.128. The fourth-order valence-corrected chi connectivity index (χ4v) is 2.71. The van der Waals surface area contributed by atoms with Crippen LogP contribution in [0, 0.1) is 0 Å². The number of hydrogen-bond donors (Lipinski definition) is 2. The number of nitrogens with one attached hydrogen (secondary N) is 2. The standard InChI is InChI=1S/C21H28N4O3/c1-4-19(16-8-10-18(28-3)11-9-16)24-21(27)23-15-20(26)25(2)14-12-17-7-5-6-13-22-17/h5-11,13,19H,4,12,14-15H2,1-3H3,(H2,23,24,27). The second-order valence-corrected chi connectivity index (χ2v) is 6.45. The zero-order valence-corrected chi connectivity index (χ0v) is 16.6. The fourth-order valence-electron chi connectivity index (χ4n) is 2.71. The van der Waals surface area contributed by atoms with Gasteiger partial charge in [-0.15, -0.1) is 0 Å². The zero-order valence-electron chi connectivity index (χ0n) is 16.6. The van der Waals surface area contributed by atoms with Crippen molar-refractivity contribution >= 4 is 11.9 Å². The number of nitrogens with zero attached hydrogens (tertiary/aromatic N) is 2. The molecular formula is C21H28N4O3. The Bertz CT molecular complexity index is 750. The van der Waals surface area contributed by atoms with Gasteiger partial charge in [-0.3, -0.25) is 9.78 Å². The Kier molecular flexibility index (Phi) is 8.27. The maximum Gasteiger partial charge on any atom is 0.315 e. The molecule has 7 heteroatoms. The van der Waals surface area contributed by atoms with Crippen LogP contribution in [0.5, 0.6) is 5.75 Å². The van der Waals surface area contributed by atoms with Crippen molar-refractivity contribution < 1.29 is 14.3 Å². The summed E-state index contributed by atoms with van der Waals surface area (Å²) in [7, 11) is 3.33. The summed E-state index contributed by atoms with van der Waals surface area (Å²) in [6.07, 6.45) is 3.14. The highest BCUT2D eigenvalue weighted by Gasteiger charge is 2.15. The first kappa shape index (κ1) is 21.2. The molecule has 3 amide bonds. The van der Waals surface area contributed by atoms with E-state index in [1.54, 1.807) is 25.3 Å². The molecule has 0 saturated heterocycles. The third-order valence-electron chi connectivity index (χ3n) is 4.49. The van der Waals surface area contributed by atoms with E-state index < -0.39 is 0 Å². The van der Waals surface area contributed by atoms with Gasteiger partial charge < -0.3 is 20.3 Å². The smallest absolute Gasteiger partial charge is 0.315 e. The maximum absolute atomic E-state index is 12.2. The Morgan fingerprint density at radius 2 is 1.93 bits per heavy atom. The fraction of sp³-hybridized carbons (Fsp3) is 0.381.